The fourth-order valence-electron chi connectivity index (χ4n) is 2.48. The minimum atomic E-state index is -1.04. The Hall–Kier alpha value is -2.69. The molecule has 21 heavy (non-hydrogen) atoms. The van der Waals surface area contributed by atoms with Crippen LogP contribution in [-0.4, -0.2) is 17.0 Å². The summed E-state index contributed by atoms with van der Waals surface area (Å²) in [6, 6.07) is 10.7. The number of aromatic carboxylic acids is 1. The second-order valence-corrected chi connectivity index (χ2v) is 4.94. The van der Waals surface area contributed by atoms with Crippen molar-refractivity contribution in [2.75, 3.05) is 4.90 Å². The van der Waals surface area contributed by atoms with Crippen LogP contribution in [0.25, 0.3) is 0 Å². The minimum Gasteiger partial charge on any atom is -0.478 e. The lowest BCUT2D eigenvalue weighted by Crippen LogP contribution is -2.26. The van der Waals surface area contributed by atoms with E-state index in [1.165, 1.54) is 29.2 Å². The van der Waals surface area contributed by atoms with Gasteiger partial charge in [-0.15, -0.1) is 0 Å². The van der Waals surface area contributed by atoms with Gasteiger partial charge in [-0.2, -0.15) is 0 Å². The van der Waals surface area contributed by atoms with Gasteiger partial charge in [0.2, 0.25) is 5.91 Å². The van der Waals surface area contributed by atoms with Crippen molar-refractivity contribution in [1.82, 2.24) is 0 Å². The number of nitrogens with zero attached hydrogens (tertiary/aromatic N) is 1. The number of carboxylic acid groups (broad SMARTS) is 1. The molecule has 0 aliphatic carbocycles. The molecule has 0 fully saturated rings. The number of carboxylic acids is 1. The van der Waals surface area contributed by atoms with E-state index in [2.05, 4.69) is 0 Å². The molecule has 2 aromatic carbocycles. The van der Waals surface area contributed by atoms with Crippen LogP contribution in [0.3, 0.4) is 0 Å². The molecule has 0 saturated heterocycles. The van der Waals surface area contributed by atoms with E-state index in [1.54, 1.807) is 18.2 Å². The summed E-state index contributed by atoms with van der Waals surface area (Å²) < 4.78 is 13.2. The topological polar surface area (TPSA) is 57.6 Å². The Morgan fingerprint density at radius 1 is 1.24 bits per heavy atom. The molecule has 0 spiro atoms. The second-order valence-electron chi connectivity index (χ2n) is 4.94. The van der Waals surface area contributed by atoms with Gasteiger partial charge in [-0.1, -0.05) is 18.2 Å². The molecule has 1 amide bonds. The van der Waals surface area contributed by atoms with Gasteiger partial charge in [0.25, 0.3) is 0 Å². The van der Waals surface area contributed by atoms with Crippen LogP contribution in [0.1, 0.15) is 21.5 Å². The Morgan fingerprint density at radius 3 is 2.76 bits per heavy atom. The van der Waals surface area contributed by atoms with Crippen molar-refractivity contribution in [3.63, 3.8) is 0 Å². The highest BCUT2D eigenvalue weighted by Crippen LogP contribution is 2.31. The molecule has 0 unspecified atom stereocenters. The van der Waals surface area contributed by atoms with E-state index in [4.69, 9.17) is 5.11 Å². The van der Waals surface area contributed by atoms with Gasteiger partial charge in [-0.25, -0.2) is 9.18 Å². The van der Waals surface area contributed by atoms with E-state index in [1.807, 2.05) is 0 Å². The fourth-order valence-corrected chi connectivity index (χ4v) is 2.48. The van der Waals surface area contributed by atoms with Crippen LogP contribution in [-0.2, 0) is 17.8 Å². The first-order valence-electron chi connectivity index (χ1n) is 6.45. The summed E-state index contributed by atoms with van der Waals surface area (Å²) in [7, 11) is 0. The first-order chi connectivity index (χ1) is 10.0. The monoisotopic (exact) mass is 285 g/mol. The SMILES string of the molecule is O=C(O)c1ccc2c(c1)N(Cc1cccc(F)c1)C(=O)C2. The smallest absolute Gasteiger partial charge is 0.335 e. The predicted octanol–water partition coefficient (Wildman–Crippen LogP) is 2.61. The van der Waals surface area contributed by atoms with Crippen LogP contribution >= 0.6 is 0 Å². The summed E-state index contributed by atoms with van der Waals surface area (Å²) in [5, 5.41) is 9.04. The number of hydrogen-bond donors (Lipinski definition) is 1. The quantitative estimate of drug-likeness (QED) is 0.943. The summed E-state index contributed by atoms with van der Waals surface area (Å²) in [6.07, 6.45) is 0.241. The van der Waals surface area contributed by atoms with Gasteiger partial charge in [0.05, 0.1) is 18.5 Å². The van der Waals surface area contributed by atoms with Gasteiger partial charge in [0, 0.05) is 5.69 Å². The van der Waals surface area contributed by atoms with E-state index in [-0.39, 0.29) is 30.3 Å². The highest BCUT2D eigenvalue weighted by atomic mass is 19.1. The molecule has 0 saturated carbocycles. The maximum atomic E-state index is 13.2. The molecule has 106 valence electrons. The number of amides is 1. The van der Waals surface area contributed by atoms with Crippen LogP contribution in [0.4, 0.5) is 10.1 Å². The minimum absolute atomic E-state index is 0.114. The van der Waals surface area contributed by atoms with Gasteiger partial charge >= 0.3 is 5.97 Å². The molecule has 4 nitrogen and oxygen atoms in total. The molecule has 0 aromatic heterocycles. The molecule has 0 atom stereocenters. The molecule has 2 aromatic rings. The average Bonchev–Trinajstić information content (AvgIpc) is 2.74. The molecule has 0 radical (unpaired) electrons. The number of rotatable bonds is 3. The first-order valence-corrected chi connectivity index (χ1v) is 6.45. The Morgan fingerprint density at radius 2 is 2.05 bits per heavy atom. The van der Waals surface area contributed by atoms with Gasteiger partial charge < -0.3 is 10.0 Å². The summed E-state index contributed by atoms with van der Waals surface area (Å²) in [4.78, 5) is 24.6. The van der Waals surface area contributed by atoms with E-state index in [0.717, 1.165) is 5.56 Å². The highest BCUT2D eigenvalue weighted by Gasteiger charge is 2.28. The van der Waals surface area contributed by atoms with E-state index < -0.39 is 5.97 Å². The first kappa shape index (κ1) is 13.3. The number of carbonyl (C=O) groups excluding carboxylic acids is 1. The number of fused-ring (bicyclic) bond motifs is 1. The van der Waals surface area contributed by atoms with Gasteiger partial charge in [-0.05, 0) is 35.4 Å². The summed E-state index contributed by atoms with van der Waals surface area (Å²) in [5.41, 5.74) is 2.18. The number of benzene rings is 2. The maximum absolute atomic E-state index is 13.2. The van der Waals surface area contributed by atoms with Crippen molar-refractivity contribution in [2.24, 2.45) is 0 Å². The summed E-state index contributed by atoms with van der Waals surface area (Å²) in [6.45, 7) is 0.229. The van der Waals surface area contributed by atoms with E-state index >= 15 is 0 Å². The molecule has 0 bridgehead atoms. The average molecular weight is 285 g/mol. The van der Waals surface area contributed by atoms with Crippen molar-refractivity contribution < 1.29 is 19.1 Å². The maximum Gasteiger partial charge on any atom is 0.335 e. The Balaban J connectivity index is 1.96. The normalized spacial score (nSPS) is 13.4. The molecular weight excluding hydrogens is 273 g/mol. The highest BCUT2D eigenvalue weighted by molar-refractivity contribution is 6.02. The zero-order valence-corrected chi connectivity index (χ0v) is 11.0. The number of hydrogen-bond acceptors (Lipinski definition) is 2. The lowest BCUT2D eigenvalue weighted by atomic mass is 10.1. The van der Waals surface area contributed by atoms with Gasteiger partial charge in [-0.3, -0.25) is 4.79 Å². The fraction of sp³-hybridized carbons (Fsp3) is 0.125. The van der Waals surface area contributed by atoms with Crippen molar-refractivity contribution in [3.05, 3.63) is 65.0 Å². The molecule has 1 N–H and O–H groups in total. The molecular formula is C16H12FNO3. The summed E-state index contributed by atoms with van der Waals surface area (Å²) in [5.74, 6) is -1.52. The Bertz CT molecular complexity index is 742. The largest absolute Gasteiger partial charge is 0.478 e. The third kappa shape index (κ3) is 2.50. The zero-order chi connectivity index (χ0) is 15.0. The van der Waals surface area contributed by atoms with Crippen LogP contribution in [0, 0.1) is 5.82 Å². The van der Waals surface area contributed by atoms with Crippen LogP contribution in [0.15, 0.2) is 42.5 Å². The Kier molecular flexibility index (Phi) is 3.17. The molecule has 1 heterocycles. The number of anilines is 1. The lowest BCUT2D eigenvalue weighted by Gasteiger charge is -2.18. The van der Waals surface area contributed by atoms with Crippen molar-refractivity contribution in [2.45, 2.75) is 13.0 Å². The number of halogens is 1. The summed E-state index contributed by atoms with van der Waals surface area (Å²) >= 11 is 0. The van der Waals surface area contributed by atoms with Crippen LogP contribution in [0.2, 0.25) is 0 Å². The second kappa shape index (κ2) is 5.01. The van der Waals surface area contributed by atoms with Crippen molar-refractivity contribution in [1.29, 1.82) is 0 Å². The molecule has 1 aliphatic rings. The van der Waals surface area contributed by atoms with E-state index in [9.17, 15) is 14.0 Å². The standard InChI is InChI=1S/C16H12FNO3/c17-13-3-1-2-10(6-13)9-18-14-7-12(16(20)21)5-4-11(14)8-15(18)19/h1-7H,8-9H2,(H,20,21). The lowest BCUT2D eigenvalue weighted by molar-refractivity contribution is -0.117. The van der Waals surface area contributed by atoms with Crippen LogP contribution in [0.5, 0.6) is 0 Å². The Labute approximate surface area is 120 Å². The zero-order valence-electron chi connectivity index (χ0n) is 11.0. The molecule has 3 rings (SSSR count). The van der Waals surface area contributed by atoms with Crippen molar-refractivity contribution >= 4 is 17.6 Å². The molecule has 5 heteroatoms. The van der Waals surface area contributed by atoms with Crippen LogP contribution < -0.4 is 4.90 Å². The third-order valence-corrected chi connectivity index (χ3v) is 3.50. The van der Waals surface area contributed by atoms with Gasteiger partial charge in [0.15, 0.2) is 0 Å². The number of carbonyl (C=O) groups is 2. The third-order valence-electron chi connectivity index (χ3n) is 3.50. The predicted molar refractivity (Wildman–Crippen MR) is 74.7 cm³/mol. The van der Waals surface area contributed by atoms with Gasteiger partial charge in [0.1, 0.15) is 5.82 Å². The van der Waals surface area contributed by atoms with E-state index in [0.29, 0.717) is 11.3 Å². The van der Waals surface area contributed by atoms with Crippen molar-refractivity contribution in [3.8, 4) is 0 Å². The molecule has 1 aliphatic heterocycles.